The molecule has 0 aliphatic heterocycles. The number of ether oxygens (including phenoxy) is 2. The summed E-state index contributed by atoms with van der Waals surface area (Å²) < 4.78 is 11.3. The van der Waals surface area contributed by atoms with E-state index in [0.717, 1.165) is 11.1 Å². The second kappa shape index (κ2) is 11.5. The monoisotopic (exact) mass is 485 g/mol. The Balaban J connectivity index is 1.53. The molecule has 0 fully saturated rings. The maximum atomic E-state index is 13.1. The molecule has 6 heteroatoms. The van der Waals surface area contributed by atoms with Gasteiger partial charge in [-0.15, -0.1) is 0 Å². The highest BCUT2D eigenvalue weighted by Gasteiger charge is 2.18. The van der Waals surface area contributed by atoms with E-state index in [9.17, 15) is 9.59 Å². The number of hydrogen-bond donors (Lipinski definition) is 1. The molecule has 1 amide bonds. The Bertz CT molecular complexity index is 1320. The minimum atomic E-state index is -0.360. The van der Waals surface area contributed by atoms with Gasteiger partial charge in [0.05, 0.1) is 26.0 Å². The topological polar surface area (TPSA) is 64.6 Å². The predicted octanol–water partition coefficient (Wildman–Crippen LogP) is 6.55. The quantitative estimate of drug-likeness (QED) is 0.273. The number of anilines is 1. The van der Waals surface area contributed by atoms with Gasteiger partial charge in [-0.3, -0.25) is 9.59 Å². The van der Waals surface area contributed by atoms with Crippen LogP contribution in [0.5, 0.6) is 5.75 Å². The van der Waals surface area contributed by atoms with Gasteiger partial charge in [-0.1, -0.05) is 72.3 Å². The van der Waals surface area contributed by atoms with Crippen LogP contribution in [-0.2, 0) is 18.0 Å². The molecule has 1 N–H and O–H groups in total. The zero-order valence-electron chi connectivity index (χ0n) is 19.2. The predicted molar refractivity (Wildman–Crippen MR) is 137 cm³/mol. The summed E-state index contributed by atoms with van der Waals surface area (Å²) in [6.07, 6.45) is 0. The molecule has 0 bridgehead atoms. The second-order valence-corrected chi connectivity index (χ2v) is 8.28. The maximum absolute atomic E-state index is 13.1. The van der Waals surface area contributed by atoms with Gasteiger partial charge in [-0.2, -0.15) is 0 Å². The smallest absolute Gasteiger partial charge is 0.255 e. The minimum absolute atomic E-state index is 0.229. The molecule has 4 aromatic carbocycles. The van der Waals surface area contributed by atoms with E-state index in [1.807, 2.05) is 36.4 Å². The van der Waals surface area contributed by atoms with Crippen LogP contribution in [0.25, 0.3) is 0 Å². The van der Waals surface area contributed by atoms with Gasteiger partial charge in [0, 0.05) is 27.3 Å². The Hall–Kier alpha value is -3.93. The van der Waals surface area contributed by atoms with Crippen molar-refractivity contribution < 1.29 is 19.1 Å². The lowest BCUT2D eigenvalue weighted by Gasteiger charge is -2.14. The van der Waals surface area contributed by atoms with Crippen molar-refractivity contribution in [3.05, 3.63) is 130 Å². The molecule has 0 aromatic heterocycles. The molecule has 0 spiro atoms. The summed E-state index contributed by atoms with van der Waals surface area (Å²) in [5.41, 5.74) is 3.42. The van der Waals surface area contributed by atoms with E-state index in [-0.39, 0.29) is 18.3 Å². The maximum Gasteiger partial charge on any atom is 0.255 e. The van der Waals surface area contributed by atoms with Crippen molar-refractivity contribution in [1.82, 2.24) is 0 Å². The SMILES string of the molecule is COc1ccc(C(=O)Nc2ccc(Cl)cc2C(=O)c2ccccc2)cc1COCc1ccccc1. The highest BCUT2D eigenvalue weighted by molar-refractivity contribution is 6.31. The molecule has 5 nitrogen and oxygen atoms in total. The molecule has 0 saturated carbocycles. The van der Waals surface area contributed by atoms with Crippen molar-refractivity contribution in [2.45, 2.75) is 13.2 Å². The van der Waals surface area contributed by atoms with Crippen LogP contribution in [0.2, 0.25) is 5.02 Å². The van der Waals surface area contributed by atoms with Crippen molar-refractivity contribution in [2.24, 2.45) is 0 Å². The van der Waals surface area contributed by atoms with Crippen LogP contribution in [0, 0.1) is 0 Å². The first-order valence-electron chi connectivity index (χ1n) is 11.0. The lowest BCUT2D eigenvalue weighted by molar-refractivity contribution is 0.102. The third-order valence-corrected chi connectivity index (χ3v) is 5.66. The van der Waals surface area contributed by atoms with Crippen LogP contribution < -0.4 is 10.1 Å². The normalized spacial score (nSPS) is 10.6. The third-order valence-electron chi connectivity index (χ3n) is 5.42. The standard InChI is InChI=1S/C29H24ClNO4/c1-34-27-15-12-22(16-23(27)19-35-18-20-8-4-2-5-9-20)29(33)31-26-14-13-24(30)17-25(26)28(32)21-10-6-3-7-11-21/h2-17H,18-19H2,1H3,(H,31,33). The van der Waals surface area contributed by atoms with Crippen molar-refractivity contribution in [2.75, 3.05) is 12.4 Å². The van der Waals surface area contributed by atoms with Gasteiger partial charge in [0.15, 0.2) is 5.78 Å². The van der Waals surface area contributed by atoms with Crippen LogP contribution in [0.3, 0.4) is 0 Å². The Morgan fingerprint density at radius 2 is 1.51 bits per heavy atom. The molecule has 0 aliphatic carbocycles. The molecular formula is C29H24ClNO4. The number of halogens is 1. The number of benzene rings is 4. The van der Waals surface area contributed by atoms with Crippen LogP contribution in [0.4, 0.5) is 5.69 Å². The minimum Gasteiger partial charge on any atom is -0.496 e. The summed E-state index contributed by atoms with van der Waals surface area (Å²) in [5.74, 6) is 0.0376. The van der Waals surface area contributed by atoms with Crippen molar-refractivity contribution in [3.8, 4) is 5.75 Å². The first-order valence-corrected chi connectivity index (χ1v) is 11.4. The number of nitrogens with one attached hydrogen (secondary N) is 1. The van der Waals surface area contributed by atoms with Gasteiger partial charge in [0.1, 0.15) is 5.75 Å². The molecule has 0 atom stereocenters. The van der Waals surface area contributed by atoms with Crippen LogP contribution in [0.15, 0.2) is 97.1 Å². The zero-order valence-corrected chi connectivity index (χ0v) is 19.9. The van der Waals surface area contributed by atoms with Crippen molar-refractivity contribution >= 4 is 29.0 Å². The molecule has 0 radical (unpaired) electrons. The zero-order chi connectivity index (χ0) is 24.6. The lowest BCUT2D eigenvalue weighted by Crippen LogP contribution is -2.16. The number of amides is 1. The molecule has 0 unspecified atom stereocenters. The Morgan fingerprint density at radius 3 is 2.23 bits per heavy atom. The second-order valence-electron chi connectivity index (χ2n) is 7.84. The van der Waals surface area contributed by atoms with E-state index in [0.29, 0.717) is 39.8 Å². The average Bonchev–Trinajstić information content (AvgIpc) is 2.90. The summed E-state index contributed by atoms with van der Waals surface area (Å²) >= 11 is 6.16. The van der Waals surface area contributed by atoms with Crippen LogP contribution in [-0.4, -0.2) is 18.8 Å². The molecule has 0 saturated heterocycles. The number of carbonyl (C=O) groups excluding carboxylic acids is 2. The van der Waals surface area contributed by atoms with Gasteiger partial charge in [-0.25, -0.2) is 0 Å². The average molecular weight is 486 g/mol. The molecule has 0 heterocycles. The lowest BCUT2D eigenvalue weighted by atomic mass is 10.0. The summed E-state index contributed by atoms with van der Waals surface area (Å²) in [6, 6.07) is 28.6. The number of hydrogen-bond acceptors (Lipinski definition) is 4. The van der Waals surface area contributed by atoms with E-state index in [1.54, 1.807) is 67.8 Å². The van der Waals surface area contributed by atoms with Gasteiger partial charge in [-0.05, 0) is 42.0 Å². The summed E-state index contributed by atoms with van der Waals surface area (Å²) in [7, 11) is 1.57. The number of rotatable bonds is 9. The largest absolute Gasteiger partial charge is 0.496 e. The first-order chi connectivity index (χ1) is 17.0. The summed E-state index contributed by atoms with van der Waals surface area (Å²) in [4.78, 5) is 26.2. The Morgan fingerprint density at radius 1 is 0.800 bits per heavy atom. The van der Waals surface area contributed by atoms with E-state index in [1.165, 1.54) is 0 Å². The number of carbonyl (C=O) groups is 2. The van der Waals surface area contributed by atoms with Gasteiger partial charge >= 0.3 is 0 Å². The van der Waals surface area contributed by atoms with E-state index >= 15 is 0 Å². The molecule has 0 aliphatic rings. The molecule has 176 valence electrons. The molecular weight excluding hydrogens is 462 g/mol. The van der Waals surface area contributed by atoms with Gasteiger partial charge < -0.3 is 14.8 Å². The third kappa shape index (κ3) is 6.15. The highest BCUT2D eigenvalue weighted by atomic mass is 35.5. The van der Waals surface area contributed by atoms with Crippen LogP contribution >= 0.6 is 11.6 Å². The van der Waals surface area contributed by atoms with Gasteiger partial charge in [0.2, 0.25) is 0 Å². The Labute approximate surface area is 209 Å². The van der Waals surface area contributed by atoms with E-state index in [2.05, 4.69) is 5.32 Å². The van der Waals surface area contributed by atoms with E-state index < -0.39 is 0 Å². The number of ketones is 1. The van der Waals surface area contributed by atoms with E-state index in [4.69, 9.17) is 21.1 Å². The molecule has 4 rings (SSSR count). The summed E-state index contributed by atoms with van der Waals surface area (Å²) in [5, 5.41) is 3.26. The highest BCUT2D eigenvalue weighted by Crippen LogP contribution is 2.26. The van der Waals surface area contributed by atoms with Gasteiger partial charge in [0.25, 0.3) is 5.91 Å². The fraction of sp³-hybridized carbons (Fsp3) is 0.103. The number of methoxy groups -OCH3 is 1. The fourth-order valence-corrected chi connectivity index (χ4v) is 3.81. The van der Waals surface area contributed by atoms with Crippen molar-refractivity contribution in [3.63, 3.8) is 0 Å². The summed E-state index contributed by atoms with van der Waals surface area (Å²) in [6.45, 7) is 0.716. The van der Waals surface area contributed by atoms with Crippen LogP contribution in [0.1, 0.15) is 37.4 Å². The first kappa shape index (κ1) is 24.2. The molecule has 4 aromatic rings. The Kier molecular flexibility index (Phi) is 7.93. The van der Waals surface area contributed by atoms with Crippen molar-refractivity contribution in [1.29, 1.82) is 0 Å². The molecule has 35 heavy (non-hydrogen) atoms. The fourth-order valence-electron chi connectivity index (χ4n) is 3.64.